The molecule has 1 heterocycles. The van der Waals surface area contributed by atoms with Crippen molar-refractivity contribution in [3.63, 3.8) is 0 Å². The highest BCUT2D eigenvalue weighted by molar-refractivity contribution is 6.12. The molecule has 0 aliphatic heterocycles. The molecule has 0 fully saturated rings. The fourth-order valence-corrected chi connectivity index (χ4v) is 3.31. The Kier molecular flexibility index (Phi) is 5.97. The van der Waals surface area contributed by atoms with E-state index in [0.717, 1.165) is 12.0 Å². The summed E-state index contributed by atoms with van der Waals surface area (Å²) in [5.74, 6) is 0.815. The van der Waals surface area contributed by atoms with Crippen LogP contribution in [0.2, 0.25) is 0 Å². The predicted molar refractivity (Wildman–Crippen MR) is 112 cm³/mol. The highest BCUT2D eigenvalue weighted by Gasteiger charge is 2.24. The fraction of sp³-hybridized carbons (Fsp3) is 0.227. The van der Waals surface area contributed by atoms with E-state index in [1.54, 1.807) is 13.2 Å². The van der Waals surface area contributed by atoms with Gasteiger partial charge in [-0.1, -0.05) is 37.3 Å². The zero-order chi connectivity index (χ0) is 21.0. The fourth-order valence-electron chi connectivity index (χ4n) is 3.31. The maximum Gasteiger partial charge on any atom is 0.221 e. The van der Waals surface area contributed by atoms with Crippen molar-refractivity contribution in [2.75, 3.05) is 25.7 Å². The number of nitrogens with two attached hydrogens (primary N) is 2. The van der Waals surface area contributed by atoms with Crippen molar-refractivity contribution in [1.82, 2.24) is 9.97 Å². The first-order valence-corrected chi connectivity index (χ1v) is 9.17. The van der Waals surface area contributed by atoms with Crippen LogP contribution >= 0.6 is 0 Å². The maximum atomic E-state index is 13.3. The summed E-state index contributed by atoms with van der Waals surface area (Å²) < 4.78 is 10.9. The molecule has 4 N–H and O–H groups in total. The molecule has 1 unspecified atom stereocenters. The topological polar surface area (TPSA) is 113 Å². The van der Waals surface area contributed by atoms with Gasteiger partial charge in [0, 0.05) is 11.8 Å². The number of hydrogen-bond acceptors (Lipinski definition) is 7. The first-order chi connectivity index (χ1) is 13.9. The van der Waals surface area contributed by atoms with Crippen LogP contribution in [0.15, 0.2) is 48.7 Å². The Labute approximate surface area is 169 Å². The number of aromatic nitrogens is 2. The molecule has 0 saturated heterocycles. The number of benzene rings is 2. The molecule has 0 spiro atoms. The standard InChI is InChI=1S/C22H24N4O3/c1-13(9-14-7-5-4-6-8-14)15-10-18(28-2)19(29-3)11-16(15)20(27)17-12-25-22(24)26-21(17)23/h4-8,10-13H,9H2,1-3H3,(H4,23,24,25,26). The molecule has 1 atom stereocenters. The van der Waals surface area contributed by atoms with Gasteiger partial charge < -0.3 is 20.9 Å². The molecule has 0 saturated carbocycles. The van der Waals surface area contributed by atoms with Crippen LogP contribution in [0.4, 0.5) is 11.8 Å². The van der Waals surface area contributed by atoms with Gasteiger partial charge in [-0.25, -0.2) is 4.98 Å². The molecular formula is C22H24N4O3. The number of nitrogens with zero attached hydrogens (tertiary/aromatic N) is 2. The summed E-state index contributed by atoms with van der Waals surface area (Å²) >= 11 is 0. The lowest BCUT2D eigenvalue weighted by Crippen LogP contribution is -2.14. The van der Waals surface area contributed by atoms with Crippen LogP contribution in [-0.2, 0) is 6.42 Å². The quantitative estimate of drug-likeness (QED) is 0.593. The van der Waals surface area contributed by atoms with Gasteiger partial charge in [0.2, 0.25) is 5.95 Å². The summed E-state index contributed by atoms with van der Waals surface area (Å²) in [6, 6.07) is 13.6. The normalized spacial score (nSPS) is 11.7. The molecule has 0 aliphatic rings. The van der Waals surface area contributed by atoms with Crippen molar-refractivity contribution in [3.8, 4) is 11.5 Å². The van der Waals surface area contributed by atoms with Crippen molar-refractivity contribution in [2.45, 2.75) is 19.3 Å². The van der Waals surface area contributed by atoms with E-state index in [0.29, 0.717) is 17.1 Å². The average Bonchev–Trinajstić information content (AvgIpc) is 2.73. The molecular weight excluding hydrogens is 368 g/mol. The van der Waals surface area contributed by atoms with E-state index in [4.69, 9.17) is 20.9 Å². The van der Waals surface area contributed by atoms with Crippen LogP contribution in [0.1, 0.15) is 39.9 Å². The third-order valence-corrected chi connectivity index (χ3v) is 4.80. The maximum absolute atomic E-state index is 13.3. The summed E-state index contributed by atoms with van der Waals surface area (Å²) in [6.45, 7) is 2.06. The van der Waals surface area contributed by atoms with E-state index in [2.05, 4.69) is 29.0 Å². The molecule has 3 rings (SSSR count). The summed E-state index contributed by atoms with van der Waals surface area (Å²) in [6.07, 6.45) is 2.10. The van der Waals surface area contributed by atoms with Crippen molar-refractivity contribution < 1.29 is 14.3 Å². The van der Waals surface area contributed by atoms with Gasteiger partial charge in [-0.2, -0.15) is 4.98 Å². The number of nitrogen functional groups attached to an aromatic ring is 2. The van der Waals surface area contributed by atoms with Gasteiger partial charge in [0.15, 0.2) is 17.3 Å². The second kappa shape index (κ2) is 8.60. The number of hydrogen-bond donors (Lipinski definition) is 2. The average molecular weight is 392 g/mol. The molecule has 7 heteroatoms. The molecule has 0 amide bonds. The molecule has 0 aliphatic carbocycles. The van der Waals surface area contributed by atoms with E-state index in [9.17, 15) is 4.79 Å². The molecule has 0 radical (unpaired) electrons. The van der Waals surface area contributed by atoms with Gasteiger partial charge in [0.05, 0.1) is 19.8 Å². The first-order valence-electron chi connectivity index (χ1n) is 9.17. The van der Waals surface area contributed by atoms with Gasteiger partial charge >= 0.3 is 0 Å². The second-order valence-electron chi connectivity index (χ2n) is 6.74. The number of carbonyl (C=O) groups excluding carboxylic acids is 1. The van der Waals surface area contributed by atoms with Crippen molar-refractivity contribution >= 4 is 17.5 Å². The van der Waals surface area contributed by atoms with Crippen LogP contribution < -0.4 is 20.9 Å². The van der Waals surface area contributed by atoms with E-state index < -0.39 is 0 Å². The number of anilines is 2. The summed E-state index contributed by atoms with van der Waals surface area (Å²) in [5, 5.41) is 0. The minimum absolute atomic E-state index is 0.0176. The van der Waals surface area contributed by atoms with Crippen molar-refractivity contribution in [2.24, 2.45) is 0 Å². The van der Waals surface area contributed by atoms with E-state index in [-0.39, 0.29) is 29.0 Å². The Hall–Kier alpha value is -3.61. The van der Waals surface area contributed by atoms with Crippen LogP contribution in [0.3, 0.4) is 0 Å². The minimum Gasteiger partial charge on any atom is -0.493 e. The van der Waals surface area contributed by atoms with Gasteiger partial charge in [0.1, 0.15) is 5.82 Å². The van der Waals surface area contributed by atoms with Crippen molar-refractivity contribution in [1.29, 1.82) is 0 Å². The highest BCUT2D eigenvalue weighted by atomic mass is 16.5. The van der Waals surface area contributed by atoms with Gasteiger partial charge in [0.25, 0.3) is 0 Å². The zero-order valence-electron chi connectivity index (χ0n) is 16.7. The summed E-state index contributed by atoms with van der Waals surface area (Å²) in [5.41, 5.74) is 14.1. The Morgan fingerprint density at radius 1 is 1.03 bits per heavy atom. The molecule has 3 aromatic rings. The summed E-state index contributed by atoms with van der Waals surface area (Å²) in [7, 11) is 3.09. The second-order valence-corrected chi connectivity index (χ2v) is 6.74. The molecule has 150 valence electrons. The molecule has 29 heavy (non-hydrogen) atoms. The SMILES string of the molecule is COc1cc(C(=O)c2cnc(N)nc2N)c(C(C)Cc2ccccc2)cc1OC. The Morgan fingerprint density at radius 2 is 1.69 bits per heavy atom. The van der Waals surface area contributed by atoms with Gasteiger partial charge in [-0.3, -0.25) is 4.79 Å². The molecule has 2 aromatic carbocycles. The highest BCUT2D eigenvalue weighted by Crippen LogP contribution is 2.36. The van der Waals surface area contributed by atoms with Crippen molar-refractivity contribution in [3.05, 3.63) is 70.9 Å². The minimum atomic E-state index is -0.293. The number of rotatable bonds is 7. The predicted octanol–water partition coefficient (Wildman–Crippen LogP) is 3.24. The largest absolute Gasteiger partial charge is 0.493 e. The van der Waals surface area contributed by atoms with Crippen LogP contribution in [-0.4, -0.2) is 30.0 Å². The third kappa shape index (κ3) is 4.29. The third-order valence-electron chi connectivity index (χ3n) is 4.80. The van der Waals surface area contributed by atoms with Crippen LogP contribution in [0.25, 0.3) is 0 Å². The lowest BCUT2D eigenvalue weighted by molar-refractivity contribution is 0.103. The van der Waals surface area contributed by atoms with Gasteiger partial charge in [-0.05, 0) is 35.6 Å². The van der Waals surface area contributed by atoms with Gasteiger partial charge in [-0.15, -0.1) is 0 Å². The Bertz CT molecular complexity index is 1020. The lowest BCUT2D eigenvalue weighted by atomic mass is 9.87. The number of ether oxygens (including phenoxy) is 2. The first kappa shape index (κ1) is 20.1. The number of ketones is 1. The number of carbonyl (C=O) groups is 1. The van der Waals surface area contributed by atoms with Crippen LogP contribution in [0, 0.1) is 0 Å². The Morgan fingerprint density at radius 3 is 2.31 bits per heavy atom. The molecule has 7 nitrogen and oxygen atoms in total. The van der Waals surface area contributed by atoms with E-state index in [1.165, 1.54) is 18.9 Å². The zero-order valence-corrected chi connectivity index (χ0v) is 16.7. The number of methoxy groups -OCH3 is 2. The van der Waals surface area contributed by atoms with E-state index in [1.807, 2.05) is 24.3 Å². The monoisotopic (exact) mass is 392 g/mol. The molecule has 0 bridgehead atoms. The Balaban J connectivity index is 2.09. The lowest BCUT2D eigenvalue weighted by Gasteiger charge is -2.19. The summed E-state index contributed by atoms with van der Waals surface area (Å²) in [4.78, 5) is 21.1. The smallest absolute Gasteiger partial charge is 0.221 e. The van der Waals surface area contributed by atoms with Crippen LogP contribution in [0.5, 0.6) is 11.5 Å². The van der Waals surface area contributed by atoms with E-state index >= 15 is 0 Å². The molecule has 1 aromatic heterocycles.